The number of nitrogens with zero attached hydrogens (tertiary/aromatic N) is 1. The number of hydrogen-bond donors (Lipinski definition) is 1. The highest BCUT2D eigenvalue weighted by Gasteiger charge is 2.21. The van der Waals surface area contributed by atoms with E-state index in [2.05, 4.69) is 30.4 Å². The molecule has 0 fully saturated rings. The van der Waals surface area contributed by atoms with E-state index >= 15 is 0 Å². The first-order valence-corrected chi connectivity index (χ1v) is 5.87. The first kappa shape index (κ1) is 11.0. The molecular weight excluding hydrogens is 200 g/mol. The number of hydrogen-bond acceptors (Lipinski definition) is 1. The van der Waals surface area contributed by atoms with Gasteiger partial charge in [0.1, 0.15) is 0 Å². The topological polar surface area (TPSA) is 32.3 Å². The number of anilines is 1. The molecule has 86 valence electrons. The summed E-state index contributed by atoms with van der Waals surface area (Å²) in [5, 5.41) is 2.86. The molecule has 1 aliphatic heterocycles. The lowest BCUT2D eigenvalue weighted by Crippen LogP contribution is -2.42. The Morgan fingerprint density at radius 2 is 2.31 bits per heavy atom. The van der Waals surface area contributed by atoms with Gasteiger partial charge in [-0.15, -0.1) is 0 Å². The van der Waals surface area contributed by atoms with Gasteiger partial charge < -0.3 is 5.32 Å². The van der Waals surface area contributed by atoms with E-state index in [0.29, 0.717) is 6.54 Å². The minimum absolute atomic E-state index is 0.0207. The Morgan fingerprint density at radius 1 is 1.50 bits per heavy atom. The van der Waals surface area contributed by atoms with Crippen molar-refractivity contribution >= 4 is 11.7 Å². The van der Waals surface area contributed by atoms with Gasteiger partial charge in [0.15, 0.2) is 0 Å². The van der Waals surface area contributed by atoms with Gasteiger partial charge in [-0.25, -0.2) is 4.79 Å². The molecule has 1 aromatic carbocycles. The summed E-state index contributed by atoms with van der Waals surface area (Å²) in [5.74, 6) is 0. The van der Waals surface area contributed by atoms with Crippen molar-refractivity contribution in [3.63, 3.8) is 0 Å². The molecule has 0 spiro atoms. The maximum Gasteiger partial charge on any atom is 0.321 e. The summed E-state index contributed by atoms with van der Waals surface area (Å²) in [6.45, 7) is 5.53. The Labute approximate surface area is 96.5 Å². The number of benzene rings is 1. The fourth-order valence-electron chi connectivity index (χ4n) is 2.18. The third-order valence-electron chi connectivity index (χ3n) is 2.93. The van der Waals surface area contributed by atoms with E-state index in [1.54, 1.807) is 0 Å². The number of fused-ring (bicyclic) bond motifs is 1. The molecule has 0 bridgehead atoms. The predicted octanol–water partition coefficient (Wildman–Crippen LogP) is 2.48. The second-order valence-electron chi connectivity index (χ2n) is 4.22. The maximum atomic E-state index is 11.9. The van der Waals surface area contributed by atoms with E-state index in [-0.39, 0.29) is 6.03 Å². The van der Waals surface area contributed by atoms with Crippen molar-refractivity contribution in [2.45, 2.75) is 26.7 Å². The zero-order valence-electron chi connectivity index (χ0n) is 9.92. The van der Waals surface area contributed by atoms with Crippen LogP contribution in [0.15, 0.2) is 18.2 Å². The zero-order valence-corrected chi connectivity index (χ0v) is 9.92. The molecule has 0 unspecified atom stereocenters. The highest BCUT2D eigenvalue weighted by Crippen LogP contribution is 2.27. The lowest BCUT2D eigenvalue weighted by molar-refractivity contribution is 0.246. The fourth-order valence-corrected chi connectivity index (χ4v) is 2.18. The Bertz CT molecular complexity index is 401. The van der Waals surface area contributed by atoms with Gasteiger partial charge in [0.05, 0.1) is 0 Å². The van der Waals surface area contributed by atoms with Crippen molar-refractivity contribution in [2.75, 3.05) is 18.0 Å². The molecule has 0 radical (unpaired) electrons. The van der Waals surface area contributed by atoms with Crippen LogP contribution in [0.25, 0.3) is 0 Å². The van der Waals surface area contributed by atoms with Crippen LogP contribution in [-0.2, 0) is 6.42 Å². The van der Waals surface area contributed by atoms with E-state index in [1.165, 1.54) is 11.1 Å². The molecule has 1 aliphatic rings. The largest absolute Gasteiger partial charge is 0.338 e. The molecule has 0 aliphatic carbocycles. The van der Waals surface area contributed by atoms with E-state index < -0.39 is 0 Å². The number of nitrogens with one attached hydrogen (secondary N) is 1. The normalized spacial score (nSPS) is 14.5. The van der Waals surface area contributed by atoms with Crippen LogP contribution in [0.5, 0.6) is 0 Å². The van der Waals surface area contributed by atoms with Crippen molar-refractivity contribution < 1.29 is 4.79 Å². The van der Waals surface area contributed by atoms with Gasteiger partial charge in [0.2, 0.25) is 0 Å². The number of carbonyl (C=O) groups is 1. The standard InChI is InChI=1S/C13H18N2O/c1-3-14-13(16)15-8-4-5-11-9-10(2)6-7-12(11)15/h6-7,9H,3-5,8H2,1-2H3,(H,14,16). The van der Waals surface area contributed by atoms with E-state index in [4.69, 9.17) is 0 Å². The molecule has 2 amide bonds. The summed E-state index contributed by atoms with van der Waals surface area (Å²) < 4.78 is 0. The van der Waals surface area contributed by atoms with E-state index in [9.17, 15) is 4.79 Å². The van der Waals surface area contributed by atoms with Crippen molar-refractivity contribution in [3.05, 3.63) is 29.3 Å². The van der Waals surface area contributed by atoms with Gasteiger partial charge in [-0.2, -0.15) is 0 Å². The molecule has 0 aromatic heterocycles. The number of rotatable bonds is 1. The molecule has 2 rings (SSSR count). The van der Waals surface area contributed by atoms with Gasteiger partial charge >= 0.3 is 6.03 Å². The second-order valence-corrected chi connectivity index (χ2v) is 4.22. The summed E-state index contributed by atoms with van der Waals surface area (Å²) in [6, 6.07) is 6.32. The molecule has 1 aromatic rings. The van der Waals surface area contributed by atoms with Crippen molar-refractivity contribution in [1.29, 1.82) is 0 Å². The predicted molar refractivity (Wildman–Crippen MR) is 65.9 cm³/mol. The second kappa shape index (κ2) is 4.56. The number of carbonyl (C=O) groups excluding carboxylic acids is 1. The quantitative estimate of drug-likeness (QED) is 0.771. The highest BCUT2D eigenvalue weighted by molar-refractivity contribution is 5.93. The smallest absolute Gasteiger partial charge is 0.321 e. The summed E-state index contributed by atoms with van der Waals surface area (Å²) in [6.07, 6.45) is 2.13. The SMILES string of the molecule is CCNC(=O)N1CCCc2cc(C)ccc21. The Hall–Kier alpha value is -1.51. The molecule has 0 atom stereocenters. The molecule has 0 saturated heterocycles. The van der Waals surface area contributed by atoms with Gasteiger partial charge in [0.25, 0.3) is 0 Å². The van der Waals surface area contributed by atoms with Crippen LogP contribution in [0, 0.1) is 6.92 Å². The lowest BCUT2D eigenvalue weighted by atomic mass is 10.00. The zero-order chi connectivity index (χ0) is 11.5. The van der Waals surface area contributed by atoms with Crippen molar-refractivity contribution in [2.24, 2.45) is 0 Å². The van der Waals surface area contributed by atoms with Crippen molar-refractivity contribution in [1.82, 2.24) is 5.32 Å². The van der Waals surface area contributed by atoms with Crippen LogP contribution < -0.4 is 10.2 Å². The molecule has 1 heterocycles. The van der Waals surface area contributed by atoms with E-state index in [1.807, 2.05) is 11.8 Å². The summed E-state index contributed by atoms with van der Waals surface area (Å²) >= 11 is 0. The molecule has 3 heteroatoms. The highest BCUT2D eigenvalue weighted by atomic mass is 16.2. The van der Waals surface area contributed by atoms with Crippen LogP contribution in [0.4, 0.5) is 10.5 Å². The van der Waals surface area contributed by atoms with Crippen LogP contribution in [0.2, 0.25) is 0 Å². The summed E-state index contributed by atoms with van der Waals surface area (Å²) in [5.41, 5.74) is 3.62. The van der Waals surface area contributed by atoms with Crippen LogP contribution >= 0.6 is 0 Å². The first-order valence-electron chi connectivity index (χ1n) is 5.87. The monoisotopic (exact) mass is 218 g/mol. The lowest BCUT2D eigenvalue weighted by Gasteiger charge is -2.29. The van der Waals surface area contributed by atoms with Crippen LogP contribution in [-0.4, -0.2) is 19.1 Å². The van der Waals surface area contributed by atoms with Gasteiger partial charge in [-0.3, -0.25) is 4.90 Å². The minimum Gasteiger partial charge on any atom is -0.338 e. The minimum atomic E-state index is 0.0207. The molecule has 1 N–H and O–H groups in total. The summed E-state index contributed by atoms with van der Waals surface area (Å²) in [4.78, 5) is 13.7. The number of urea groups is 1. The molecule has 16 heavy (non-hydrogen) atoms. The van der Waals surface area contributed by atoms with Gasteiger partial charge in [0, 0.05) is 18.8 Å². The first-order chi connectivity index (χ1) is 7.72. The third kappa shape index (κ3) is 2.03. The third-order valence-corrected chi connectivity index (χ3v) is 2.93. The molecular formula is C13H18N2O. The van der Waals surface area contributed by atoms with Crippen LogP contribution in [0.1, 0.15) is 24.5 Å². The van der Waals surface area contributed by atoms with E-state index in [0.717, 1.165) is 25.1 Å². The molecule has 0 saturated carbocycles. The van der Waals surface area contributed by atoms with Gasteiger partial charge in [-0.1, -0.05) is 17.7 Å². The fraction of sp³-hybridized carbons (Fsp3) is 0.462. The molecule has 3 nitrogen and oxygen atoms in total. The Balaban J connectivity index is 2.29. The average molecular weight is 218 g/mol. The summed E-state index contributed by atoms with van der Waals surface area (Å²) in [7, 11) is 0. The van der Waals surface area contributed by atoms with Crippen molar-refractivity contribution in [3.8, 4) is 0 Å². The number of aryl methyl sites for hydroxylation is 2. The Morgan fingerprint density at radius 3 is 3.06 bits per heavy atom. The van der Waals surface area contributed by atoms with Crippen LogP contribution in [0.3, 0.4) is 0 Å². The van der Waals surface area contributed by atoms with Gasteiger partial charge in [-0.05, 0) is 38.3 Å². The number of amides is 2. The Kier molecular flexibility index (Phi) is 3.13. The maximum absolute atomic E-state index is 11.9. The average Bonchev–Trinajstić information content (AvgIpc) is 2.28.